The molecule has 1 aromatic carbocycles. The van der Waals surface area contributed by atoms with Crippen molar-refractivity contribution in [2.24, 2.45) is 11.3 Å². The van der Waals surface area contributed by atoms with E-state index >= 15 is 4.39 Å². The minimum Gasteiger partial charge on any atom is -0.407 e. The van der Waals surface area contributed by atoms with Crippen LogP contribution in [-0.2, 0) is 35.8 Å². The minimum absolute atomic E-state index is 0.171. The van der Waals surface area contributed by atoms with Crippen LogP contribution in [0.2, 0.25) is 51.4 Å². The maximum atomic E-state index is 15.2. The van der Waals surface area contributed by atoms with E-state index in [0.717, 1.165) is 37.2 Å². The molecule has 42 heavy (non-hydrogen) atoms. The molecule has 0 radical (unpaired) electrons. The van der Waals surface area contributed by atoms with E-state index < -0.39 is 28.1 Å². The maximum absolute atomic E-state index is 15.2. The zero-order chi connectivity index (χ0) is 30.4. The van der Waals surface area contributed by atoms with Gasteiger partial charge in [-0.2, -0.15) is 5.10 Å². The molecule has 230 valence electrons. The predicted molar refractivity (Wildman–Crippen MR) is 168 cm³/mol. The number of benzene rings is 1. The highest BCUT2D eigenvalue weighted by molar-refractivity contribution is 6.76. The molecule has 0 unspecified atom stereocenters. The first-order valence-electron chi connectivity index (χ1n) is 15.0. The number of amides is 1. The molecule has 0 saturated heterocycles. The topological polar surface area (TPSA) is 92.4 Å². The van der Waals surface area contributed by atoms with Gasteiger partial charge in [0.2, 0.25) is 0 Å². The molecular weight excluding hydrogens is 570 g/mol. The molecular formula is C30H46FN5O4Si2. The Morgan fingerprint density at radius 3 is 2.40 bits per heavy atom. The molecule has 2 aliphatic carbocycles. The summed E-state index contributed by atoms with van der Waals surface area (Å²) in [6, 6.07) is 4.96. The Balaban J connectivity index is 1.54. The van der Waals surface area contributed by atoms with Crippen molar-refractivity contribution in [1.29, 1.82) is 0 Å². The summed E-state index contributed by atoms with van der Waals surface area (Å²) in [5, 5.41) is 7.46. The summed E-state index contributed by atoms with van der Waals surface area (Å²) in [5.41, 5.74) is 4.61. The van der Waals surface area contributed by atoms with E-state index in [-0.39, 0.29) is 12.5 Å². The van der Waals surface area contributed by atoms with Crippen molar-refractivity contribution >= 4 is 33.3 Å². The summed E-state index contributed by atoms with van der Waals surface area (Å²) in [6.45, 7) is 18.3. The van der Waals surface area contributed by atoms with Crippen LogP contribution < -0.4 is 10.1 Å². The second-order valence-electron chi connectivity index (χ2n) is 14.7. The van der Waals surface area contributed by atoms with Gasteiger partial charge in [0.1, 0.15) is 19.2 Å². The molecule has 2 aromatic heterocycles. The largest absolute Gasteiger partial charge is 0.412 e. The van der Waals surface area contributed by atoms with Crippen LogP contribution in [0.4, 0.5) is 9.18 Å². The smallest absolute Gasteiger partial charge is 0.407 e. The number of halogens is 1. The molecule has 1 saturated carbocycles. The maximum Gasteiger partial charge on any atom is 0.412 e. The van der Waals surface area contributed by atoms with Gasteiger partial charge in [-0.25, -0.2) is 18.9 Å². The van der Waals surface area contributed by atoms with Gasteiger partial charge < -0.3 is 19.5 Å². The Labute approximate surface area is 250 Å². The fourth-order valence-corrected chi connectivity index (χ4v) is 7.14. The zero-order valence-corrected chi connectivity index (χ0v) is 28.4. The average molecular weight is 616 g/mol. The van der Waals surface area contributed by atoms with E-state index in [9.17, 15) is 4.79 Å². The van der Waals surface area contributed by atoms with Crippen molar-refractivity contribution in [3.05, 3.63) is 29.2 Å². The first kappa shape index (κ1) is 30.9. The number of aromatic nitrogens is 4. The Morgan fingerprint density at radius 2 is 1.76 bits per heavy atom. The second kappa shape index (κ2) is 11.5. The molecule has 0 spiro atoms. The normalized spacial score (nSPS) is 20.0. The van der Waals surface area contributed by atoms with Gasteiger partial charge in [0.15, 0.2) is 17.4 Å². The summed E-state index contributed by atoms with van der Waals surface area (Å²) in [5.74, 6) is 0.452. The van der Waals surface area contributed by atoms with Crippen LogP contribution in [0.5, 0.6) is 5.75 Å². The highest BCUT2D eigenvalue weighted by Gasteiger charge is 2.54. The number of carbonyl (C=O) groups excluding carboxylic acids is 1. The van der Waals surface area contributed by atoms with Gasteiger partial charge in [-0.3, -0.25) is 4.57 Å². The number of nitrogens with zero attached hydrogens (tertiary/aromatic N) is 4. The number of imidazole rings is 1. The fraction of sp³-hybridized carbons (Fsp3) is 0.633. The van der Waals surface area contributed by atoms with Crippen LogP contribution in [0.25, 0.3) is 22.6 Å². The van der Waals surface area contributed by atoms with E-state index in [2.05, 4.69) is 51.5 Å². The molecule has 1 N–H and O–H groups in total. The van der Waals surface area contributed by atoms with Gasteiger partial charge in [0.05, 0.1) is 11.0 Å². The fourth-order valence-electron chi connectivity index (χ4n) is 5.63. The third-order valence-electron chi connectivity index (χ3n) is 8.57. The van der Waals surface area contributed by atoms with Crippen molar-refractivity contribution in [1.82, 2.24) is 24.6 Å². The summed E-state index contributed by atoms with van der Waals surface area (Å²) >= 11 is 0. The lowest BCUT2D eigenvalue weighted by molar-refractivity contribution is 0.0756. The van der Waals surface area contributed by atoms with Crippen LogP contribution in [0, 0.1) is 17.2 Å². The molecule has 1 amide bonds. The van der Waals surface area contributed by atoms with E-state index in [0.29, 0.717) is 41.5 Å². The summed E-state index contributed by atoms with van der Waals surface area (Å²) < 4.78 is 36.6. The molecule has 0 aliphatic heterocycles. The quantitative estimate of drug-likeness (QED) is 0.185. The highest BCUT2D eigenvalue weighted by atomic mass is 28.3. The molecule has 0 bridgehead atoms. The number of ether oxygens (including phenoxy) is 3. The highest BCUT2D eigenvalue weighted by Crippen LogP contribution is 2.60. The van der Waals surface area contributed by atoms with Gasteiger partial charge >= 0.3 is 6.09 Å². The van der Waals surface area contributed by atoms with E-state index in [1.165, 1.54) is 36.9 Å². The first-order valence-corrected chi connectivity index (χ1v) is 22.4. The lowest BCUT2D eigenvalue weighted by atomic mass is 9.87. The molecule has 2 aliphatic rings. The number of rotatable bonds is 12. The Hall–Kier alpha value is -2.55. The Morgan fingerprint density at radius 1 is 1.10 bits per heavy atom. The van der Waals surface area contributed by atoms with E-state index in [4.69, 9.17) is 24.3 Å². The Kier molecular flexibility index (Phi) is 8.47. The van der Waals surface area contributed by atoms with Crippen molar-refractivity contribution < 1.29 is 23.4 Å². The van der Waals surface area contributed by atoms with Crippen molar-refractivity contribution in [3.8, 4) is 17.3 Å². The third kappa shape index (κ3) is 6.82. The number of hydrogen-bond acceptors (Lipinski definition) is 6. The van der Waals surface area contributed by atoms with Crippen LogP contribution in [0.3, 0.4) is 0 Å². The molecule has 12 heteroatoms. The average Bonchev–Trinajstić information content (AvgIpc) is 3.27. The van der Waals surface area contributed by atoms with Crippen molar-refractivity contribution in [3.63, 3.8) is 0 Å². The number of carbonyl (C=O) groups is 1. The number of hydrogen-bond donors (Lipinski definition) is 1. The van der Waals surface area contributed by atoms with Gasteiger partial charge in [0.25, 0.3) is 0 Å². The number of nitrogens with one attached hydrogen (secondary N) is 1. The summed E-state index contributed by atoms with van der Waals surface area (Å²) in [6.07, 6.45) is 2.37. The lowest BCUT2D eigenvalue weighted by Gasteiger charge is -2.20. The van der Waals surface area contributed by atoms with E-state index in [1.807, 2.05) is 9.25 Å². The second-order valence-corrected chi connectivity index (χ2v) is 25.9. The van der Waals surface area contributed by atoms with Gasteiger partial charge in [-0.05, 0) is 42.7 Å². The van der Waals surface area contributed by atoms with Crippen LogP contribution in [0.1, 0.15) is 24.6 Å². The van der Waals surface area contributed by atoms with Gasteiger partial charge in [-0.1, -0.05) is 46.2 Å². The number of fused-ring (bicyclic) bond motifs is 3. The third-order valence-corrected chi connectivity index (χ3v) is 12.0. The zero-order valence-electron chi connectivity index (χ0n) is 26.4. The van der Waals surface area contributed by atoms with Crippen LogP contribution in [0.15, 0.2) is 12.1 Å². The summed E-state index contributed by atoms with van der Waals surface area (Å²) in [7, 11) is -1.07. The molecule has 2 heterocycles. The monoisotopic (exact) mass is 615 g/mol. The molecule has 3 aromatic rings. The van der Waals surface area contributed by atoms with Gasteiger partial charge in [-0.15, -0.1) is 0 Å². The Bertz CT molecular complexity index is 1480. The predicted octanol–water partition coefficient (Wildman–Crippen LogP) is 6.51. The molecule has 5 rings (SSSR count). The molecule has 9 nitrogen and oxygen atoms in total. The van der Waals surface area contributed by atoms with Crippen LogP contribution >= 0.6 is 0 Å². The molecule has 1 fully saturated rings. The standard InChI is InChI=1S/C30H46FN5O4Si2/c1-30-16-20(30)13-21-25(17-30)36(19-39-10-12-42(6,7)8)34-27(21)28-33-23-15-26(40-29(37)32-2)22(31)14-24(23)35(28)18-38-9-11-41(3,4)5/h14-15,20H,9-13,16-19H2,1-8H3,(H,32,37)/t20-,30-/m1/s1. The van der Waals surface area contributed by atoms with Crippen LogP contribution in [-0.4, -0.2) is 61.8 Å². The van der Waals surface area contributed by atoms with Gasteiger partial charge in [0, 0.05) is 59.8 Å². The first-order chi connectivity index (χ1) is 19.7. The lowest BCUT2D eigenvalue weighted by Crippen LogP contribution is -2.23. The summed E-state index contributed by atoms with van der Waals surface area (Å²) in [4.78, 5) is 16.8. The SMILES string of the molecule is CNC(=O)Oc1cc2nc(-c3nn(COCC[Si](C)(C)C)c4c3C[C@@H]3C[C@]3(C)C4)n(COCC[Si](C)(C)C)c2cc1F. The van der Waals surface area contributed by atoms with Crippen molar-refractivity contribution in [2.75, 3.05) is 20.3 Å². The van der Waals surface area contributed by atoms with Crippen molar-refractivity contribution in [2.45, 2.75) is 91.0 Å². The molecule has 2 atom stereocenters. The minimum atomic E-state index is -1.29. The van der Waals surface area contributed by atoms with E-state index in [1.54, 1.807) is 0 Å².